The number of hydrogen-bond acceptors (Lipinski definition) is 1. The minimum atomic E-state index is -0.829. The van der Waals surface area contributed by atoms with E-state index in [9.17, 15) is 4.39 Å². The van der Waals surface area contributed by atoms with Crippen molar-refractivity contribution in [2.75, 3.05) is 6.54 Å². The Balaban J connectivity index is 3.58. The Labute approximate surface area is 56.4 Å². The molecule has 9 heavy (non-hydrogen) atoms. The van der Waals surface area contributed by atoms with Crippen molar-refractivity contribution in [1.82, 2.24) is 0 Å². The molecule has 0 aliphatic heterocycles. The quantitative estimate of drug-likeness (QED) is 0.621. The molecule has 0 rings (SSSR count). The number of rotatable bonds is 3. The molecular weight excluding hydrogens is 117 g/mol. The smallest absolute Gasteiger partial charge is 0.115 e. The molecule has 2 heteroatoms. The summed E-state index contributed by atoms with van der Waals surface area (Å²) in [5.74, 6) is 0.485. The van der Waals surface area contributed by atoms with Crippen LogP contribution in [0.1, 0.15) is 20.8 Å². The SMILES string of the molecule is CC(C)C(C)C(F)CN. The molecule has 1 nitrogen and oxygen atoms in total. The third-order valence-electron chi connectivity index (χ3n) is 1.85. The van der Waals surface area contributed by atoms with E-state index >= 15 is 0 Å². The third kappa shape index (κ3) is 2.80. The van der Waals surface area contributed by atoms with Gasteiger partial charge in [-0.25, -0.2) is 4.39 Å². The fourth-order valence-corrected chi connectivity index (χ4v) is 0.632. The number of nitrogens with two attached hydrogens (primary N) is 1. The van der Waals surface area contributed by atoms with Gasteiger partial charge in [0.2, 0.25) is 0 Å². The van der Waals surface area contributed by atoms with Crippen molar-refractivity contribution >= 4 is 0 Å². The Kier molecular flexibility index (Phi) is 3.78. The van der Waals surface area contributed by atoms with Crippen molar-refractivity contribution in [2.45, 2.75) is 26.9 Å². The lowest BCUT2D eigenvalue weighted by Gasteiger charge is -2.18. The van der Waals surface area contributed by atoms with Gasteiger partial charge in [0.1, 0.15) is 6.17 Å². The first-order valence-electron chi connectivity index (χ1n) is 3.43. The fraction of sp³-hybridized carbons (Fsp3) is 1.00. The highest BCUT2D eigenvalue weighted by Gasteiger charge is 2.16. The van der Waals surface area contributed by atoms with Gasteiger partial charge < -0.3 is 5.73 Å². The predicted molar refractivity (Wildman–Crippen MR) is 38.0 cm³/mol. The third-order valence-corrected chi connectivity index (χ3v) is 1.85. The second-order valence-corrected chi connectivity index (χ2v) is 2.85. The van der Waals surface area contributed by atoms with E-state index in [-0.39, 0.29) is 12.5 Å². The molecule has 0 amide bonds. The highest BCUT2D eigenvalue weighted by Crippen LogP contribution is 2.15. The van der Waals surface area contributed by atoms with Crippen LogP contribution in [0.15, 0.2) is 0 Å². The lowest BCUT2D eigenvalue weighted by Crippen LogP contribution is -2.26. The van der Waals surface area contributed by atoms with Crippen LogP contribution in [-0.2, 0) is 0 Å². The first-order chi connectivity index (χ1) is 4.09. The summed E-state index contributed by atoms with van der Waals surface area (Å²) in [7, 11) is 0. The van der Waals surface area contributed by atoms with Crippen LogP contribution in [0.3, 0.4) is 0 Å². The molecule has 0 aromatic rings. The zero-order valence-electron chi connectivity index (χ0n) is 6.39. The summed E-state index contributed by atoms with van der Waals surface area (Å²) in [6, 6.07) is 0. The van der Waals surface area contributed by atoms with Gasteiger partial charge in [-0.2, -0.15) is 0 Å². The summed E-state index contributed by atoms with van der Waals surface area (Å²) in [6.45, 7) is 6.06. The van der Waals surface area contributed by atoms with E-state index in [0.717, 1.165) is 0 Å². The highest BCUT2D eigenvalue weighted by molar-refractivity contribution is 4.67. The summed E-state index contributed by atoms with van der Waals surface area (Å²) in [6.07, 6.45) is -0.829. The Morgan fingerprint density at radius 3 is 1.89 bits per heavy atom. The van der Waals surface area contributed by atoms with E-state index in [2.05, 4.69) is 0 Å². The molecule has 0 saturated carbocycles. The molecule has 0 aromatic carbocycles. The van der Waals surface area contributed by atoms with Crippen LogP contribution in [0.4, 0.5) is 4.39 Å². The zero-order chi connectivity index (χ0) is 7.44. The van der Waals surface area contributed by atoms with Gasteiger partial charge in [0.25, 0.3) is 0 Å². The summed E-state index contributed by atoms with van der Waals surface area (Å²) in [4.78, 5) is 0. The van der Waals surface area contributed by atoms with E-state index in [4.69, 9.17) is 5.73 Å². The maximum Gasteiger partial charge on any atom is 0.115 e. The zero-order valence-corrected chi connectivity index (χ0v) is 6.39. The molecule has 0 bridgehead atoms. The Morgan fingerprint density at radius 1 is 1.33 bits per heavy atom. The summed E-state index contributed by atoms with van der Waals surface area (Å²) < 4.78 is 12.7. The monoisotopic (exact) mass is 133 g/mol. The maximum atomic E-state index is 12.7. The first-order valence-corrected chi connectivity index (χ1v) is 3.43. The number of halogens is 1. The molecule has 0 spiro atoms. The van der Waals surface area contributed by atoms with Gasteiger partial charge in [0.05, 0.1) is 0 Å². The van der Waals surface area contributed by atoms with Gasteiger partial charge in [-0.15, -0.1) is 0 Å². The minimum Gasteiger partial charge on any atom is -0.328 e. The van der Waals surface area contributed by atoms with Gasteiger partial charge in [0, 0.05) is 6.54 Å². The second kappa shape index (κ2) is 3.83. The second-order valence-electron chi connectivity index (χ2n) is 2.85. The van der Waals surface area contributed by atoms with Crippen LogP contribution < -0.4 is 5.73 Å². The van der Waals surface area contributed by atoms with Crippen LogP contribution in [-0.4, -0.2) is 12.7 Å². The van der Waals surface area contributed by atoms with E-state index < -0.39 is 6.17 Å². The average Bonchev–Trinajstić information content (AvgIpc) is 1.84. The van der Waals surface area contributed by atoms with E-state index in [0.29, 0.717) is 5.92 Å². The molecule has 0 heterocycles. The average molecular weight is 133 g/mol. The van der Waals surface area contributed by atoms with Gasteiger partial charge in [0.15, 0.2) is 0 Å². The maximum absolute atomic E-state index is 12.7. The van der Waals surface area contributed by atoms with Crippen LogP contribution >= 0.6 is 0 Å². The Morgan fingerprint density at radius 2 is 1.78 bits per heavy atom. The van der Waals surface area contributed by atoms with Gasteiger partial charge >= 0.3 is 0 Å². The van der Waals surface area contributed by atoms with Gasteiger partial charge in [-0.1, -0.05) is 20.8 Å². The van der Waals surface area contributed by atoms with Crippen molar-refractivity contribution in [3.63, 3.8) is 0 Å². The molecule has 2 atom stereocenters. The molecule has 2 unspecified atom stereocenters. The van der Waals surface area contributed by atoms with Gasteiger partial charge in [-0.05, 0) is 11.8 Å². The van der Waals surface area contributed by atoms with E-state index in [1.165, 1.54) is 0 Å². The molecule has 0 aromatic heterocycles. The summed E-state index contributed by atoms with van der Waals surface area (Å²) in [5, 5.41) is 0. The predicted octanol–water partition coefficient (Wildman–Crippen LogP) is 1.58. The summed E-state index contributed by atoms with van der Waals surface area (Å²) in [5.41, 5.74) is 5.14. The van der Waals surface area contributed by atoms with E-state index in [1.54, 1.807) is 0 Å². The van der Waals surface area contributed by atoms with Crippen molar-refractivity contribution in [2.24, 2.45) is 17.6 Å². The van der Waals surface area contributed by atoms with Crippen molar-refractivity contribution < 1.29 is 4.39 Å². The van der Waals surface area contributed by atoms with Crippen molar-refractivity contribution in [3.05, 3.63) is 0 Å². The van der Waals surface area contributed by atoms with Gasteiger partial charge in [-0.3, -0.25) is 0 Å². The molecule has 0 saturated heterocycles. The van der Waals surface area contributed by atoms with Crippen molar-refractivity contribution in [3.8, 4) is 0 Å². The topological polar surface area (TPSA) is 26.0 Å². The first kappa shape index (κ1) is 8.89. The van der Waals surface area contributed by atoms with Crippen LogP contribution in [0, 0.1) is 11.8 Å². The molecular formula is C7H16FN. The number of alkyl halides is 1. The normalized spacial score (nSPS) is 18.0. The fourth-order valence-electron chi connectivity index (χ4n) is 0.632. The molecule has 2 N–H and O–H groups in total. The van der Waals surface area contributed by atoms with Crippen LogP contribution in [0.2, 0.25) is 0 Å². The molecule has 0 radical (unpaired) electrons. The lowest BCUT2D eigenvalue weighted by molar-refractivity contribution is 0.203. The number of hydrogen-bond donors (Lipinski definition) is 1. The van der Waals surface area contributed by atoms with E-state index in [1.807, 2.05) is 20.8 Å². The molecule has 0 aliphatic rings. The Hall–Kier alpha value is -0.110. The molecule has 56 valence electrons. The lowest BCUT2D eigenvalue weighted by atomic mass is 9.93. The standard InChI is InChI=1S/C7H16FN/c1-5(2)6(3)7(8)4-9/h5-7H,4,9H2,1-3H3. The highest BCUT2D eigenvalue weighted by atomic mass is 19.1. The Bertz CT molecular complexity index is 73.3. The minimum absolute atomic E-state index is 0.0926. The molecule has 0 aliphatic carbocycles. The largest absolute Gasteiger partial charge is 0.328 e. The van der Waals surface area contributed by atoms with Crippen LogP contribution in [0.25, 0.3) is 0 Å². The van der Waals surface area contributed by atoms with Crippen molar-refractivity contribution in [1.29, 1.82) is 0 Å². The van der Waals surface area contributed by atoms with Crippen LogP contribution in [0.5, 0.6) is 0 Å². The molecule has 0 fully saturated rings. The summed E-state index contributed by atoms with van der Waals surface area (Å²) >= 11 is 0.